The standard InChI is InChI=1S/C22H16FN5O2/c1-29-17-8-2-14(3-9-17)12-21-25-26-22(30-21)18-13-20-24-11-10-19(28(20)27-18)15-4-6-16(23)7-5-15/h2-11,13H,12H2,1H3. The largest absolute Gasteiger partial charge is 0.497 e. The first-order valence-corrected chi connectivity index (χ1v) is 9.26. The summed E-state index contributed by atoms with van der Waals surface area (Å²) < 4.78 is 25.9. The van der Waals surface area contributed by atoms with Crippen molar-refractivity contribution in [3.63, 3.8) is 0 Å². The number of rotatable bonds is 5. The van der Waals surface area contributed by atoms with Crippen LogP contribution in [0.5, 0.6) is 5.75 Å². The van der Waals surface area contributed by atoms with Gasteiger partial charge >= 0.3 is 0 Å². The van der Waals surface area contributed by atoms with Crippen LogP contribution in [-0.4, -0.2) is 31.9 Å². The lowest BCUT2D eigenvalue weighted by atomic mass is 10.1. The highest BCUT2D eigenvalue weighted by Crippen LogP contribution is 2.24. The number of halogens is 1. The smallest absolute Gasteiger partial charge is 0.268 e. The molecule has 0 N–H and O–H groups in total. The van der Waals surface area contributed by atoms with Gasteiger partial charge in [0.15, 0.2) is 11.3 Å². The number of ether oxygens (including phenoxy) is 1. The summed E-state index contributed by atoms with van der Waals surface area (Å²) in [4.78, 5) is 4.35. The van der Waals surface area contributed by atoms with E-state index < -0.39 is 0 Å². The Morgan fingerprint density at radius 2 is 1.80 bits per heavy atom. The highest BCUT2D eigenvalue weighted by atomic mass is 19.1. The van der Waals surface area contributed by atoms with Gasteiger partial charge in [-0.3, -0.25) is 0 Å². The number of fused-ring (bicyclic) bond motifs is 1. The Hall–Kier alpha value is -4.07. The molecule has 0 aliphatic rings. The van der Waals surface area contributed by atoms with Crippen molar-refractivity contribution in [1.29, 1.82) is 0 Å². The average Bonchev–Trinajstić information content (AvgIpc) is 3.41. The monoisotopic (exact) mass is 401 g/mol. The molecule has 148 valence electrons. The Morgan fingerprint density at radius 1 is 1.00 bits per heavy atom. The highest BCUT2D eigenvalue weighted by molar-refractivity contribution is 5.65. The van der Waals surface area contributed by atoms with E-state index in [0.29, 0.717) is 29.5 Å². The summed E-state index contributed by atoms with van der Waals surface area (Å²) >= 11 is 0. The topological polar surface area (TPSA) is 78.3 Å². The minimum Gasteiger partial charge on any atom is -0.497 e. The molecule has 0 bridgehead atoms. The summed E-state index contributed by atoms with van der Waals surface area (Å²) in [6.45, 7) is 0. The molecular formula is C22H16FN5O2. The number of aromatic nitrogens is 5. The van der Waals surface area contributed by atoms with E-state index in [1.165, 1.54) is 12.1 Å². The molecule has 7 nitrogen and oxygen atoms in total. The summed E-state index contributed by atoms with van der Waals surface area (Å²) in [5.74, 6) is 1.30. The minimum absolute atomic E-state index is 0.291. The van der Waals surface area contributed by atoms with Crippen molar-refractivity contribution in [2.75, 3.05) is 7.11 Å². The van der Waals surface area contributed by atoms with Crippen molar-refractivity contribution in [2.45, 2.75) is 6.42 Å². The molecule has 0 unspecified atom stereocenters. The van der Waals surface area contributed by atoms with Crippen molar-refractivity contribution in [3.8, 4) is 28.6 Å². The van der Waals surface area contributed by atoms with E-state index in [9.17, 15) is 4.39 Å². The first kappa shape index (κ1) is 18.0. The molecule has 0 fully saturated rings. The maximum Gasteiger partial charge on any atom is 0.268 e. The maximum atomic E-state index is 13.3. The average molecular weight is 401 g/mol. The van der Waals surface area contributed by atoms with Crippen molar-refractivity contribution in [1.82, 2.24) is 24.8 Å². The fourth-order valence-electron chi connectivity index (χ4n) is 3.19. The van der Waals surface area contributed by atoms with Crippen LogP contribution in [0.15, 0.2) is 71.3 Å². The fourth-order valence-corrected chi connectivity index (χ4v) is 3.19. The number of methoxy groups -OCH3 is 1. The molecule has 5 aromatic rings. The van der Waals surface area contributed by atoms with Gasteiger partial charge in [-0.25, -0.2) is 13.9 Å². The lowest BCUT2D eigenvalue weighted by Crippen LogP contribution is -1.95. The lowest BCUT2D eigenvalue weighted by Gasteiger charge is -2.03. The van der Waals surface area contributed by atoms with Gasteiger partial charge in [0.25, 0.3) is 5.89 Å². The van der Waals surface area contributed by atoms with Crippen molar-refractivity contribution >= 4 is 5.65 Å². The van der Waals surface area contributed by atoms with Gasteiger partial charge < -0.3 is 9.15 Å². The molecule has 0 saturated heterocycles. The van der Waals surface area contributed by atoms with Crippen LogP contribution in [0.4, 0.5) is 4.39 Å². The summed E-state index contributed by atoms with van der Waals surface area (Å²) in [5, 5.41) is 12.8. The molecule has 3 heterocycles. The molecule has 0 amide bonds. The molecule has 0 aliphatic carbocycles. The summed E-state index contributed by atoms with van der Waals surface area (Å²) in [7, 11) is 1.63. The third kappa shape index (κ3) is 3.39. The molecule has 0 aliphatic heterocycles. The van der Waals surface area contributed by atoms with Crippen LogP contribution >= 0.6 is 0 Å². The molecular weight excluding hydrogens is 385 g/mol. The van der Waals surface area contributed by atoms with Gasteiger partial charge in [-0.1, -0.05) is 12.1 Å². The molecule has 30 heavy (non-hydrogen) atoms. The summed E-state index contributed by atoms with van der Waals surface area (Å²) in [5.41, 5.74) is 3.78. The first-order valence-electron chi connectivity index (χ1n) is 9.26. The van der Waals surface area contributed by atoms with Gasteiger partial charge in [-0.15, -0.1) is 10.2 Å². The zero-order valence-electron chi connectivity index (χ0n) is 16.0. The Kier molecular flexibility index (Phi) is 4.44. The van der Waals surface area contributed by atoms with Crippen LogP contribution in [0.1, 0.15) is 11.5 Å². The number of nitrogens with zero attached hydrogens (tertiary/aromatic N) is 5. The SMILES string of the molecule is COc1ccc(Cc2nnc(-c3cc4nccc(-c5ccc(F)cc5)n4n3)o2)cc1. The Bertz CT molecular complexity index is 1310. The Balaban J connectivity index is 1.45. The number of hydrogen-bond donors (Lipinski definition) is 0. The molecule has 0 spiro atoms. The Labute approximate surface area is 170 Å². The van der Waals surface area contributed by atoms with Crippen LogP contribution in [0.25, 0.3) is 28.5 Å². The van der Waals surface area contributed by atoms with Crippen LogP contribution in [-0.2, 0) is 6.42 Å². The van der Waals surface area contributed by atoms with Gasteiger partial charge in [-0.05, 0) is 48.0 Å². The molecule has 2 aromatic carbocycles. The normalized spacial score (nSPS) is 11.1. The molecule has 8 heteroatoms. The fraction of sp³-hybridized carbons (Fsp3) is 0.0909. The van der Waals surface area contributed by atoms with Gasteiger partial charge in [0.1, 0.15) is 11.6 Å². The summed E-state index contributed by atoms with van der Waals surface area (Å²) in [6, 6.07) is 17.5. The van der Waals surface area contributed by atoms with Crippen molar-refractivity contribution < 1.29 is 13.5 Å². The molecule has 0 atom stereocenters. The number of hydrogen-bond acceptors (Lipinski definition) is 6. The van der Waals surface area contributed by atoms with Crippen LogP contribution in [0.2, 0.25) is 0 Å². The predicted molar refractivity (Wildman–Crippen MR) is 107 cm³/mol. The lowest BCUT2D eigenvalue weighted by molar-refractivity contribution is 0.414. The van der Waals surface area contributed by atoms with Crippen molar-refractivity contribution in [3.05, 3.63) is 84.1 Å². The van der Waals surface area contributed by atoms with E-state index in [1.54, 1.807) is 36.0 Å². The van der Waals surface area contributed by atoms with Gasteiger partial charge in [0.05, 0.1) is 19.2 Å². The van der Waals surface area contributed by atoms with Crippen molar-refractivity contribution in [2.24, 2.45) is 0 Å². The minimum atomic E-state index is -0.291. The third-order valence-electron chi connectivity index (χ3n) is 4.70. The maximum absolute atomic E-state index is 13.3. The number of benzene rings is 2. The third-order valence-corrected chi connectivity index (χ3v) is 4.70. The second-order valence-corrected chi connectivity index (χ2v) is 6.66. The van der Waals surface area contributed by atoms with E-state index >= 15 is 0 Å². The van der Waals surface area contributed by atoms with E-state index in [2.05, 4.69) is 20.3 Å². The van der Waals surface area contributed by atoms with Crippen LogP contribution < -0.4 is 4.74 Å². The second kappa shape index (κ2) is 7.40. The predicted octanol–water partition coefficient (Wildman–Crippen LogP) is 4.18. The zero-order chi connectivity index (χ0) is 20.5. The van der Waals surface area contributed by atoms with E-state index in [-0.39, 0.29) is 5.82 Å². The van der Waals surface area contributed by atoms with E-state index in [4.69, 9.17) is 9.15 Å². The zero-order valence-corrected chi connectivity index (χ0v) is 16.0. The molecule has 3 aromatic heterocycles. The molecule has 5 rings (SSSR count). The van der Waals surface area contributed by atoms with Crippen LogP contribution in [0, 0.1) is 5.82 Å². The first-order chi connectivity index (χ1) is 14.7. The van der Waals surface area contributed by atoms with Gasteiger partial charge in [0.2, 0.25) is 5.89 Å². The van der Waals surface area contributed by atoms with E-state index in [0.717, 1.165) is 22.6 Å². The second-order valence-electron chi connectivity index (χ2n) is 6.66. The van der Waals surface area contributed by atoms with E-state index in [1.807, 2.05) is 30.3 Å². The van der Waals surface area contributed by atoms with Crippen LogP contribution in [0.3, 0.4) is 0 Å². The summed E-state index contributed by atoms with van der Waals surface area (Å²) in [6.07, 6.45) is 2.19. The molecule has 0 radical (unpaired) electrons. The van der Waals surface area contributed by atoms with Gasteiger partial charge in [0, 0.05) is 17.8 Å². The Morgan fingerprint density at radius 3 is 2.57 bits per heavy atom. The van der Waals surface area contributed by atoms with Gasteiger partial charge in [-0.2, -0.15) is 5.10 Å². The quantitative estimate of drug-likeness (QED) is 0.440. The highest BCUT2D eigenvalue weighted by Gasteiger charge is 2.15. The molecule has 0 saturated carbocycles.